The Kier molecular flexibility index (Phi) is 9.34. The molecule has 0 aliphatic carbocycles. The van der Waals surface area contributed by atoms with E-state index in [1.54, 1.807) is 37.0 Å². The van der Waals surface area contributed by atoms with Crippen molar-refractivity contribution in [1.82, 2.24) is 16.0 Å². The smallest absolute Gasteiger partial charge is 0.251 e. The van der Waals surface area contributed by atoms with Crippen LogP contribution in [0.25, 0.3) is 0 Å². The van der Waals surface area contributed by atoms with Gasteiger partial charge in [-0.05, 0) is 61.1 Å². The van der Waals surface area contributed by atoms with Crippen LogP contribution in [0.2, 0.25) is 0 Å². The molecule has 150 valence electrons. The molecule has 7 heteroatoms. The third-order valence-corrected chi connectivity index (χ3v) is 5.00. The standard InChI is InChI=1S/C21H27FN4OS/c1-3-24-20(27)17-7-4-6-16(14-17)15-26-21(23-2)25-12-5-13-28-19-10-8-18(22)9-11-19/h4,6-11,14H,3,5,12-13,15H2,1-2H3,(H,24,27)(H2,23,25,26). The van der Waals surface area contributed by atoms with Crippen LogP contribution in [0.3, 0.4) is 0 Å². The number of hydrogen-bond acceptors (Lipinski definition) is 3. The van der Waals surface area contributed by atoms with Gasteiger partial charge in [-0.15, -0.1) is 11.8 Å². The van der Waals surface area contributed by atoms with Crippen LogP contribution in [0.15, 0.2) is 58.4 Å². The van der Waals surface area contributed by atoms with Gasteiger partial charge in [-0.25, -0.2) is 4.39 Å². The quantitative estimate of drug-likeness (QED) is 0.260. The molecule has 1 amide bonds. The van der Waals surface area contributed by atoms with Crippen molar-refractivity contribution in [3.05, 3.63) is 65.5 Å². The molecule has 0 saturated heterocycles. The van der Waals surface area contributed by atoms with Gasteiger partial charge >= 0.3 is 0 Å². The monoisotopic (exact) mass is 402 g/mol. The van der Waals surface area contributed by atoms with Crippen LogP contribution in [-0.4, -0.2) is 37.8 Å². The van der Waals surface area contributed by atoms with Gasteiger partial charge < -0.3 is 16.0 Å². The molecular weight excluding hydrogens is 375 g/mol. The van der Waals surface area contributed by atoms with Crippen LogP contribution in [0.5, 0.6) is 0 Å². The van der Waals surface area contributed by atoms with Crippen LogP contribution in [0, 0.1) is 5.82 Å². The lowest BCUT2D eigenvalue weighted by atomic mass is 10.1. The number of benzene rings is 2. The molecule has 0 spiro atoms. The molecule has 28 heavy (non-hydrogen) atoms. The lowest BCUT2D eigenvalue weighted by molar-refractivity contribution is 0.0955. The number of carbonyl (C=O) groups is 1. The van der Waals surface area contributed by atoms with E-state index >= 15 is 0 Å². The average Bonchev–Trinajstić information content (AvgIpc) is 2.72. The summed E-state index contributed by atoms with van der Waals surface area (Å²) in [5.41, 5.74) is 1.67. The predicted molar refractivity (Wildman–Crippen MR) is 114 cm³/mol. The highest BCUT2D eigenvalue weighted by molar-refractivity contribution is 7.99. The van der Waals surface area contributed by atoms with Gasteiger partial charge in [0.1, 0.15) is 5.82 Å². The van der Waals surface area contributed by atoms with Crippen molar-refractivity contribution in [1.29, 1.82) is 0 Å². The number of halogens is 1. The zero-order valence-electron chi connectivity index (χ0n) is 16.3. The van der Waals surface area contributed by atoms with Crippen molar-refractivity contribution in [3.8, 4) is 0 Å². The van der Waals surface area contributed by atoms with Crippen molar-refractivity contribution >= 4 is 23.6 Å². The number of guanidine groups is 1. The Morgan fingerprint density at radius 1 is 1.11 bits per heavy atom. The van der Waals surface area contributed by atoms with E-state index in [1.165, 1.54) is 12.1 Å². The van der Waals surface area contributed by atoms with Gasteiger partial charge in [0.25, 0.3) is 5.91 Å². The molecule has 2 aromatic carbocycles. The molecule has 5 nitrogen and oxygen atoms in total. The van der Waals surface area contributed by atoms with Gasteiger partial charge in [0.05, 0.1) is 0 Å². The Bertz CT molecular complexity index is 780. The van der Waals surface area contributed by atoms with E-state index in [0.717, 1.165) is 35.1 Å². The third-order valence-electron chi connectivity index (χ3n) is 3.91. The van der Waals surface area contributed by atoms with Gasteiger partial charge in [-0.1, -0.05) is 12.1 Å². The van der Waals surface area contributed by atoms with Crippen molar-refractivity contribution < 1.29 is 9.18 Å². The largest absolute Gasteiger partial charge is 0.356 e. The average molecular weight is 403 g/mol. The van der Waals surface area contributed by atoms with E-state index in [2.05, 4.69) is 20.9 Å². The lowest BCUT2D eigenvalue weighted by Crippen LogP contribution is -2.37. The number of rotatable bonds is 9. The molecule has 0 fully saturated rings. The molecule has 2 aromatic rings. The Morgan fingerprint density at radius 2 is 1.89 bits per heavy atom. The van der Waals surface area contributed by atoms with E-state index in [9.17, 15) is 9.18 Å². The van der Waals surface area contributed by atoms with Crippen LogP contribution < -0.4 is 16.0 Å². The van der Waals surface area contributed by atoms with Gasteiger partial charge in [0.15, 0.2) is 5.96 Å². The summed E-state index contributed by atoms with van der Waals surface area (Å²) in [6, 6.07) is 14.1. The van der Waals surface area contributed by atoms with Crippen LogP contribution in [0.1, 0.15) is 29.3 Å². The highest BCUT2D eigenvalue weighted by atomic mass is 32.2. The molecule has 0 unspecified atom stereocenters. The van der Waals surface area contributed by atoms with Crippen LogP contribution in [0.4, 0.5) is 4.39 Å². The summed E-state index contributed by atoms with van der Waals surface area (Å²) in [5.74, 6) is 1.38. The molecule has 0 aliphatic rings. The lowest BCUT2D eigenvalue weighted by Gasteiger charge is -2.12. The number of thioether (sulfide) groups is 1. The first-order valence-corrected chi connectivity index (χ1v) is 10.3. The molecule has 2 rings (SSSR count). The highest BCUT2D eigenvalue weighted by Gasteiger charge is 2.05. The van der Waals surface area contributed by atoms with Crippen LogP contribution >= 0.6 is 11.8 Å². The summed E-state index contributed by atoms with van der Waals surface area (Å²) in [7, 11) is 1.73. The molecule has 0 atom stereocenters. The number of nitrogens with zero attached hydrogens (tertiary/aromatic N) is 1. The Balaban J connectivity index is 1.70. The SMILES string of the molecule is CCNC(=O)c1cccc(CNC(=NC)NCCCSc2ccc(F)cc2)c1. The number of carbonyl (C=O) groups excluding carboxylic acids is 1. The first-order chi connectivity index (χ1) is 13.6. The molecule has 0 aromatic heterocycles. The summed E-state index contributed by atoms with van der Waals surface area (Å²) in [6.45, 7) is 3.87. The fourth-order valence-electron chi connectivity index (χ4n) is 2.49. The minimum absolute atomic E-state index is 0.0643. The summed E-state index contributed by atoms with van der Waals surface area (Å²) in [4.78, 5) is 17.2. The number of amides is 1. The molecule has 0 saturated carbocycles. The summed E-state index contributed by atoms with van der Waals surface area (Å²) in [6.07, 6.45) is 0.954. The number of aliphatic imine (C=N–C) groups is 1. The summed E-state index contributed by atoms with van der Waals surface area (Å²) < 4.78 is 12.9. The Morgan fingerprint density at radius 3 is 2.61 bits per heavy atom. The van der Waals surface area contributed by atoms with E-state index in [1.807, 2.05) is 25.1 Å². The third kappa shape index (κ3) is 7.60. The molecule has 0 aliphatic heterocycles. The van der Waals surface area contributed by atoms with Crippen molar-refractivity contribution in [2.24, 2.45) is 4.99 Å². The maximum absolute atomic E-state index is 12.9. The zero-order valence-corrected chi connectivity index (χ0v) is 17.1. The summed E-state index contributed by atoms with van der Waals surface area (Å²) in [5, 5.41) is 9.34. The van der Waals surface area contributed by atoms with Crippen molar-refractivity contribution in [2.75, 3.05) is 25.9 Å². The predicted octanol–water partition coefficient (Wildman–Crippen LogP) is 3.42. The molecular formula is C21H27FN4OS. The maximum Gasteiger partial charge on any atom is 0.251 e. The van der Waals surface area contributed by atoms with E-state index in [0.29, 0.717) is 18.7 Å². The molecule has 0 bridgehead atoms. The minimum atomic E-state index is -0.211. The Labute approximate surface area is 170 Å². The molecule has 0 radical (unpaired) electrons. The first-order valence-electron chi connectivity index (χ1n) is 9.32. The molecule has 0 heterocycles. The van der Waals surface area contributed by atoms with E-state index in [4.69, 9.17) is 0 Å². The van der Waals surface area contributed by atoms with E-state index in [-0.39, 0.29) is 11.7 Å². The summed E-state index contributed by atoms with van der Waals surface area (Å²) >= 11 is 1.70. The number of hydrogen-bond donors (Lipinski definition) is 3. The Hall–Kier alpha value is -2.54. The fraction of sp³-hybridized carbons (Fsp3) is 0.333. The van der Waals surface area contributed by atoms with Gasteiger partial charge in [0.2, 0.25) is 0 Å². The normalized spacial score (nSPS) is 11.2. The minimum Gasteiger partial charge on any atom is -0.356 e. The first kappa shape index (κ1) is 21.8. The number of nitrogens with one attached hydrogen (secondary N) is 3. The van der Waals surface area contributed by atoms with Gasteiger partial charge in [0, 0.05) is 37.1 Å². The van der Waals surface area contributed by atoms with Crippen LogP contribution in [-0.2, 0) is 6.54 Å². The van der Waals surface area contributed by atoms with Crippen molar-refractivity contribution in [2.45, 2.75) is 24.8 Å². The zero-order chi connectivity index (χ0) is 20.2. The molecule has 3 N–H and O–H groups in total. The second-order valence-electron chi connectivity index (χ2n) is 6.07. The van der Waals surface area contributed by atoms with Crippen molar-refractivity contribution in [3.63, 3.8) is 0 Å². The fourth-order valence-corrected chi connectivity index (χ4v) is 3.34. The van der Waals surface area contributed by atoms with E-state index < -0.39 is 0 Å². The van der Waals surface area contributed by atoms with Gasteiger partial charge in [-0.2, -0.15) is 0 Å². The van der Waals surface area contributed by atoms with Gasteiger partial charge in [-0.3, -0.25) is 9.79 Å². The topological polar surface area (TPSA) is 65.5 Å². The second-order valence-corrected chi connectivity index (χ2v) is 7.24. The highest BCUT2D eigenvalue weighted by Crippen LogP contribution is 2.18. The maximum atomic E-state index is 12.9. The second kappa shape index (κ2) is 12.0.